The molecule has 3 aromatic rings. The Bertz CT molecular complexity index is 961. The fourth-order valence-corrected chi connectivity index (χ4v) is 4.13. The standard InChI is InChI=1S/C24H31FN6/c1-4-24(2,3)31-23(26-27-28-31)22(20-10-12-21(25)13-11-20)30-16-14-29(15-17-30)18-19-8-6-5-7-9-19/h5-13,22H,4,14-18H2,1-3H3/t22-/m1/s1. The summed E-state index contributed by atoms with van der Waals surface area (Å²) in [5.74, 6) is 0.582. The SMILES string of the molecule is CCC(C)(C)n1nnnc1[C@@H](c1ccc(F)cc1)N1CCN(Cc2ccccc2)CC1. The maximum Gasteiger partial charge on any atom is 0.173 e. The lowest BCUT2D eigenvalue weighted by Gasteiger charge is -2.39. The van der Waals surface area contributed by atoms with E-state index in [0.29, 0.717) is 0 Å². The first-order valence-electron chi connectivity index (χ1n) is 11.0. The number of piperazine rings is 1. The van der Waals surface area contributed by atoms with Crippen molar-refractivity contribution in [3.63, 3.8) is 0 Å². The zero-order valence-electron chi connectivity index (χ0n) is 18.6. The molecule has 164 valence electrons. The lowest BCUT2D eigenvalue weighted by Crippen LogP contribution is -2.48. The van der Waals surface area contributed by atoms with Crippen LogP contribution in [0.4, 0.5) is 4.39 Å². The summed E-state index contributed by atoms with van der Waals surface area (Å²) in [5.41, 5.74) is 2.15. The van der Waals surface area contributed by atoms with Gasteiger partial charge in [0.2, 0.25) is 0 Å². The van der Waals surface area contributed by atoms with Gasteiger partial charge in [-0.25, -0.2) is 9.07 Å². The zero-order chi connectivity index (χ0) is 21.8. The van der Waals surface area contributed by atoms with Crippen molar-refractivity contribution < 1.29 is 4.39 Å². The monoisotopic (exact) mass is 422 g/mol. The minimum absolute atomic E-state index is 0.111. The molecule has 0 saturated carbocycles. The second-order valence-electron chi connectivity index (χ2n) is 8.87. The average molecular weight is 423 g/mol. The smallest absolute Gasteiger partial charge is 0.173 e. The first kappa shape index (κ1) is 21.6. The number of nitrogens with zero attached hydrogens (tertiary/aromatic N) is 6. The number of hydrogen-bond donors (Lipinski definition) is 0. The van der Waals surface area contributed by atoms with Gasteiger partial charge < -0.3 is 0 Å². The third kappa shape index (κ3) is 4.83. The van der Waals surface area contributed by atoms with Gasteiger partial charge in [0.15, 0.2) is 5.82 Å². The molecule has 1 aliphatic rings. The molecule has 31 heavy (non-hydrogen) atoms. The minimum Gasteiger partial charge on any atom is -0.297 e. The Hall–Kier alpha value is -2.64. The summed E-state index contributed by atoms with van der Waals surface area (Å²) in [6.45, 7) is 11.1. The van der Waals surface area contributed by atoms with Crippen molar-refractivity contribution in [3.8, 4) is 0 Å². The van der Waals surface area contributed by atoms with Crippen LogP contribution < -0.4 is 0 Å². The van der Waals surface area contributed by atoms with Crippen LogP contribution in [0.5, 0.6) is 0 Å². The van der Waals surface area contributed by atoms with E-state index in [4.69, 9.17) is 0 Å². The van der Waals surface area contributed by atoms with Crippen molar-refractivity contribution in [1.29, 1.82) is 0 Å². The Balaban J connectivity index is 1.58. The van der Waals surface area contributed by atoms with E-state index in [-0.39, 0.29) is 17.4 Å². The average Bonchev–Trinajstić information content (AvgIpc) is 3.28. The van der Waals surface area contributed by atoms with E-state index in [1.54, 1.807) is 0 Å². The van der Waals surface area contributed by atoms with Crippen LogP contribution in [-0.4, -0.2) is 56.2 Å². The van der Waals surface area contributed by atoms with Gasteiger partial charge in [0.05, 0.1) is 11.6 Å². The molecule has 2 heterocycles. The van der Waals surface area contributed by atoms with Crippen LogP contribution in [0.2, 0.25) is 0 Å². The Labute approximate surface area is 183 Å². The molecule has 0 unspecified atom stereocenters. The van der Waals surface area contributed by atoms with Gasteiger partial charge >= 0.3 is 0 Å². The zero-order valence-corrected chi connectivity index (χ0v) is 18.6. The summed E-state index contributed by atoms with van der Waals surface area (Å²) in [4.78, 5) is 4.90. The van der Waals surface area contributed by atoms with E-state index < -0.39 is 0 Å². The molecule has 1 atom stereocenters. The van der Waals surface area contributed by atoms with Crippen LogP contribution in [0.1, 0.15) is 50.2 Å². The Morgan fingerprint density at radius 1 is 0.968 bits per heavy atom. The summed E-state index contributed by atoms with van der Waals surface area (Å²) >= 11 is 0. The molecule has 0 amide bonds. The van der Waals surface area contributed by atoms with Crippen LogP contribution in [0.15, 0.2) is 54.6 Å². The van der Waals surface area contributed by atoms with E-state index in [0.717, 1.165) is 50.5 Å². The first-order chi connectivity index (χ1) is 15.0. The molecule has 1 fully saturated rings. The van der Waals surface area contributed by atoms with E-state index >= 15 is 0 Å². The van der Waals surface area contributed by atoms with Crippen LogP contribution in [0.3, 0.4) is 0 Å². The summed E-state index contributed by atoms with van der Waals surface area (Å²) in [5, 5.41) is 12.8. The minimum atomic E-state index is -0.233. The van der Waals surface area contributed by atoms with Crippen LogP contribution in [-0.2, 0) is 12.1 Å². The third-order valence-electron chi connectivity index (χ3n) is 6.38. The third-order valence-corrected chi connectivity index (χ3v) is 6.38. The predicted octanol–water partition coefficient (Wildman–Crippen LogP) is 3.86. The molecule has 7 heteroatoms. The number of rotatable bonds is 7. The van der Waals surface area contributed by atoms with Gasteiger partial charge in [-0.1, -0.05) is 49.4 Å². The van der Waals surface area contributed by atoms with Gasteiger partial charge in [0.1, 0.15) is 5.82 Å². The Morgan fingerprint density at radius 2 is 1.65 bits per heavy atom. The topological polar surface area (TPSA) is 50.1 Å². The van der Waals surface area contributed by atoms with Gasteiger partial charge in [-0.3, -0.25) is 9.80 Å². The fraction of sp³-hybridized carbons (Fsp3) is 0.458. The highest BCUT2D eigenvalue weighted by atomic mass is 19.1. The van der Waals surface area contributed by atoms with Crippen molar-refractivity contribution in [2.45, 2.75) is 45.3 Å². The molecule has 1 aliphatic heterocycles. The Morgan fingerprint density at radius 3 is 2.29 bits per heavy atom. The first-order valence-corrected chi connectivity index (χ1v) is 11.0. The number of aromatic nitrogens is 4. The molecule has 0 aliphatic carbocycles. The van der Waals surface area contributed by atoms with Gasteiger partial charge in [-0.2, -0.15) is 0 Å². The molecule has 1 aromatic heterocycles. The van der Waals surface area contributed by atoms with E-state index in [9.17, 15) is 4.39 Å². The van der Waals surface area contributed by atoms with Crippen LogP contribution in [0, 0.1) is 5.82 Å². The number of hydrogen-bond acceptors (Lipinski definition) is 5. The largest absolute Gasteiger partial charge is 0.297 e. The molecule has 0 N–H and O–H groups in total. The molecular weight excluding hydrogens is 391 g/mol. The van der Waals surface area contributed by atoms with E-state index in [1.165, 1.54) is 17.7 Å². The Kier molecular flexibility index (Phi) is 6.43. The van der Waals surface area contributed by atoms with Crippen molar-refractivity contribution in [1.82, 2.24) is 30.0 Å². The summed E-state index contributed by atoms with van der Waals surface area (Å²) in [6, 6.07) is 17.2. The van der Waals surface area contributed by atoms with Crippen molar-refractivity contribution >= 4 is 0 Å². The normalized spacial score (nSPS) is 17.0. The highest BCUT2D eigenvalue weighted by Gasteiger charge is 2.34. The van der Waals surface area contributed by atoms with Crippen molar-refractivity contribution in [3.05, 3.63) is 77.4 Å². The fourth-order valence-electron chi connectivity index (χ4n) is 4.13. The molecule has 4 rings (SSSR count). The number of tetrazole rings is 1. The van der Waals surface area contributed by atoms with Crippen LogP contribution in [0.25, 0.3) is 0 Å². The predicted molar refractivity (Wildman–Crippen MR) is 119 cm³/mol. The molecular formula is C24H31FN6. The molecule has 0 spiro atoms. The highest BCUT2D eigenvalue weighted by Crippen LogP contribution is 2.31. The second kappa shape index (κ2) is 9.24. The van der Waals surface area contributed by atoms with Crippen LogP contribution >= 0.6 is 0 Å². The lowest BCUT2D eigenvalue weighted by atomic mass is 9.99. The second-order valence-corrected chi connectivity index (χ2v) is 8.87. The maximum absolute atomic E-state index is 13.7. The molecule has 2 aromatic carbocycles. The van der Waals surface area contributed by atoms with Gasteiger partial charge in [0.25, 0.3) is 0 Å². The number of benzene rings is 2. The van der Waals surface area contributed by atoms with E-state index in [2.05, 4.69) is 76.4 Å². The number of halogens is 1. The summed E-state index contributed by atoms with van der Waals surface area (Å²) in [6.07, 6.45) is 0.909. The molecule has 0 radical (unpaired) electrons. The maximum atomic E-state index is 13.7. The summed E-state index contributed by atoms with van der Waals surface area (Å²) < 4.78 is 15.6. The lowest BCUT2D eigenvalue weighted by molar-refractivity contribution is 0.0972. The van der Waals surface area contributed by atoms with Crippen molar-refractivity contribution in [2.75, 3.05) is 26.2 Å². The molecule has 1 saturated heterocycles. The van der Waals surface area contributed by atoms with Crippen molar-refractivity contribution in [2.24, 2.45) is 0 Å². The van der Waals surface area contributed by atoms with Gasteiger partial charge in [0, 0.05) is 32.7 Å². The highest BCUT2D eigenvalue weighted by molar-refractivity contribution is 5.26. The van der Waals surface area contributed by atoms with Gasteiger partial charge in [-0.05, 0) is 54.0 Å². The van der Waals surface area contributed by atoms with E-state index in [1.807, 2.05) is 16.8 Å². The molecule has 0 bridgehead atoms. The quantitative estimate of drug-likeness (QED) is 0.579. The van der Waals surface area contributed by atoms with Gasteiger partial charge in [-0.15, -0.1) is 5.10 Å². The summed E-state index contributed by atoms with van der Waals surface area (Å²) in [7, 11) is 0. The molecule has 6 nitrogen and oxygen atoms in total.